The number of halogens is 1. The number of amides is 2. The van der Waals surface area contributed by atoms with Crippen molar-refractivity contribution < 1.29 is 14.3 Å². The Bertz CT molecular complexity index is 1310. The number of thiazole rings is 1. The van der Waals surface area contributed by atoms with Crippen LogP contribution in [-0.2, 0) is 6.42 Å². The Morgan fingerprint density at radius 1 is 1.24 bits per heavy atom. The van der Waals surface area contributed by atoms with E-state index in [1.54, 1.807) is 0 Å². The van der Waals surface area contributed by atoms with Gasteiger partial charge in [-0.2, -0.15) is 0 Å². The van der Waals surface area contributed by atoms with Crippen molar-refractivity contribution in [3.05, 3.63) is 69.3 Å². The maximum Gasteiger partial charge on any atom is 0.274 e. The first-order chi connectivity index (χ1) is 16.5. The highest BCUT2D eigenvalue weighted by Gasteiger charge is 2.54. The van der Waals surface area contributed by atoms with Crippen LogP contribution in [0.2, 0.25) is 5.02 Å². The number of piperidine rings is 1. The quantitative estimate of drug-likeness (QED) is 0.557. The molecule has 34 heavy (non-hydrogen) atoms. The molecule has 3 heterocycles. The van der Waals surface area contributed by atoms with Crippen LogP contribution in [0.4, 0.5) is 0 Å². The molecule has 1 N–H and O–H groups in total. The van der Waals surface area contributed by atoms with Gasteiger partial charge in [0.1, 0.15) is 11.4 Å². The number of ether oxygens (including phenoxy) is 1. The van der Waals surface area contributed by atoms with Crippen LogP contribution in [0.5, 0.6) is 5.75 Å². The molecule has 1 saturated heterocycles. The second kappa shape index (κ2) is 8.40. The van der Waals surface area contributed by atoms with Crippen LogP contribution in [0.1, 0.15) is 44.3 Å². The van der Waals surface area contributed by atoms with Crippen molar-refractivity contribution in [3.8, 4) is 16.2 Å². The van der Waals surface area contributed by atoms with Crippen molar-refractivity contribution in [1.82, 2.24) is 15.2 Å². The first kappa shape index (κ1) is 21.6. The van der Waals surface area contributed by atoms with Gasteiger partial charge in [0, 0.05) is 35.2 Å². The van der Waals surface area contributed by atoms with Gasteiger partial charge in [0.25, 0.3) is 11.8 Å². The van der Waals surface area contributed by atoms with E-state index in [1.807, 2.05) is 54.3 Å². The van der Waals surface area contributed by atoms with Gasteiger partial charge in [-0.05, 0) is 55.5 Å². The number of rotatable bonds is 5. The molecule has 8 heteroatoms. The fourth-order valence-corrected chi connectivity index (χ4v) is 6.41. The van der Waals surface area contributed by atoms with E-state index in [2.05, 4.69) is 10.3 Å². The Kier molecular flexibility index (Phi) is 5.34. The fourth-order valence-electron chi connectivity index (χ4n) is 5.32. The number of aromatic nitrogens is 1. The van der Waals surface area contributed by atoms with Gasteiger partial charge in [-0.15, -0.1) is 11.3 Å². The number of benzene rings is 2. The Morgan fingerprint density at radius 2 is 2.09 bits per heavy atom. The Hall–Kier alpha value is -2.90. The Balaban J connectivity index is 1.22. The zero-order valence-electron chi connectivity index (χ0n) is 18.7. The van der Waals surface area contributed by atoms with Gasteiger partial charge in [-0.1, -0.05) is 29.8 Å². The van der Waals surface area contributed by atoms with Crippen molar-refractivity contribution in [1.29, 1.82) is 0 Å². The molecule has 3 atom stereocenters. The Morgan fingerprint density at radius 3 is 2.94 bits per heavy atom. The zero-order chi connectivity index (χ0) is 23.4. The molecule has 6 nitrogen and oxygen atoms in total. The molecule has 0 unspecified atom stereocenters. The van der Waals surface area contributed by atoms with Gasteiger partial charge in [0.05, 0.1) is 22.5 Å². The molecule has 174 valence electrons. The van der Waals surface area contributed by atoms with Crippen molar-refractivity contribution in [3.63, 3.8) is 0 Å². The van der Waals surface area contributed by atoms with Crippen molar-refractivity contribution in [2.75, 3.05) is 13.2 Å². The van der Waals surface area contributed by atoms with Gasteiger partial charge in [-0.3, -0.25) is 9.59 Å². The van der Waals surface area contributed by atoms with Crippen LogP contribution < -0.4 is 10.1 Å². The van der Waals surface area contributed by atoms with E-state index >= 15 is 0 Å². The summed E-state index contributed by atoms with van der Waals surface area (Å²) in [5.74, 6) is 1.13. The number of carbonyl (C=O) groups is 2. The average Bonchev–Trinajstić information content (AvgIpc) is 3.18. The fraction of sp³-hybridized carbons (Fsp3) is 0.346. The minimum absolute atomic E-state index is 0.0394. The summed E-state index contributed by atoms with van der Waals surface area (Å²) in [5.41, 5.74) is 3.00. The monoisotopic (exact) mass is 493 g/mol. The molecule has 0 radical (unpaired) electrons. The number of aryl methyl sites for hydroxylation is 1. The highest BCUT2D eigenvalue weighted by atomic mass is 35.5. The number of hydrogen-bond acceptors (Lipinski definition) is 5. The largest absolute Gasteiger partial charge is 0.493 e. The zero-order valence-corrected chi connectivity index (χ0v) is 20.3. The molecule has 2 amide bonds. The number of nitrogens with one attached hydrogen (secondary N) is 1. The predicted octanol–water partition coefficient (Wildman–Crippen LogP) is 4.74. The maximum absolute atomic E-state index is 13.8. The maximum atomic E-state index is 13.8. The highest BCUT2D eigenvalue weighted by Crippen LogP contribution is 2.49. The third-order valence-corrected chi connectivity index (χ3v) is 8.21. The van der Waals surface area contributed by atoms with Gasteiger partial charge in [0.2, 0.25) is 0 Å². The van der Waals surface area contributed by atoms with Gasteiger partial charge >= 0.3 is 0 Å². The lowest BCUT2D eigenvalue weighted by molar-refractivity contribution is 0.0684. The van der Waals surface area contributed by atoms with Gasteiger partial charge < -0.3 is 15.0 Å². The summed E-state index contributed by atoms with van der Waals surface area (Å²) in [6.45, 7) is 2.95. The first-order valence-electron chi connectivity index (χ1n) is 11.6. The molecular formula is C26H24ClN3O3S. The number of nitrogens with zero attached hydrogens (tertiary/aromatic N) is 2. The van der Waals surface area contributed by atoms with E-state index in [4.69, 9.17) is 16.3 Å². The average molecular weight is 494 g/mol. The topological polar surface area (TPSA) is 71.5 Å². The summed E-state index contributed by atoms with van der Waals surface area (Å²) < 4.78 is 5.59. The number of hydrogen-bond donors (Lipinski definition) is 1. The van der Waals surface area contributed by atoms with E-state index in [0.717, 1.165) is 46.0 Å². The Labute approximate surface area is 206 Å². The smallest absolute Gasteiger partial charge is 0.274 e. The lowest BCUT2D eigenvalue weighted by Crippen LogP contribution is -2.45. The van der Waals surface area contributed by atoms with E-state index < -0.39 is 0 Å². The molecule has 1 aliphatic carbocycles. The molecule has 6 rings (SSSR count). The van der Waals surface area contributed by atoms with Crippen LogP contribution in [0, 0.1) is 12.8 Å². The summed E-state index contributed by atoms with van der Waals surface area (Å²) in [7, 11) is 0. The molecule has 0 spiro atoms. The third-order valence-electron chi connectivity index (χ3n) is 6.95. The summed E-state index contributed by atoms with van der Waals surface area (Å²) in [4.78, 5) is 34.2. The van der Waals surface area contributed by atoms with Crippen molar-refractivity contribution >= 4 is 34.8 Å². The molecule has 2 aliphatic heterocycles. The van der Waals surface area contributed by atoms with Crippen LogP contribution >= 0.6 is 22.9 Å². The number of fused-ring (bicyclic) bond motifs is 2. The minimum atomic E-state index is -0.112. The highest BCUT2D eigenvalue weighted by molar-refractivity contribution is 7.15. The second-order valence-corrected chi connectivity index (χ2v) is 10.8. The van der Waals surface area contributed by atoms with Gasteiger partial charge in [0.15, 0.2) is 0 Å². The lowest BCUT2D eigenvalue weighted by atomic mass is 10.0. The molecule has 1 aromatic heterocycles. The van der Waals surface area contributed by atoms with Crippen molar-refractivity contribution in [2.24, 2.45) is 5.92 Å². The van der Waals surface area contributed by atoms with Crippen LogP contribution in [0.15, 0.2) is 42.5 Å². The molecular weight excluding hydrogens is 470 g/mol. The molecule has 3 aromatic rings. The van der Waals surface area contributed by atoms with Crippen LogP contribution in [0.25, 0.3) is 10.4 Å². The number of carbonyl (C=O) groups excluding carboxylic acids is 2. The van der Waals surface area contributed by atoms with Crippen molar-refractivity contribution in [2.45, 2.75) is 38.3 Å². The number of likely N-dealkylation sites (tertiary alicyclic amines) is 1. The molecule has 0 bridgehead atoms. The predicted molar refractivity (Wildman–Crippen MR) is 132 cm³/mol. The summed E-state index contributed by atoms with van der Waals surface area (Å²) in [5, 5.41) is 4.55. The molecule has 3 aliphatic rings. The lowest BCUT2D eigenvalue weighted by Gasteiger charge is -2.27. The summed E-state index contributed by atoms with van der Waals surface area (Å²) >= 11 is 7.72. The van der Waals surface area contributed by atoms with E-state index in [9.17, 15) is 9.59 Å². The van der Waals surface area contributed by atoms with E-state index in [1.165, 1.54) is 11.3 Å². The van der Waals surface area contributed by atoms with E-state index in [-0.39, 0.29) is 23.9 Å². The van der Waals surface area contributed by atoms with Crippen LogP contribution in [-0.4, -0.2) is 46.9 Å². The molecule has 2 aromatic carbocycles. The summed E-state index contributed by atoms with van der Waals surface area (Å²) in [6, 6.07) is 13.3. The standard InChI is InChI=1S/C26H24ClN3O3S/c1-14-29-23(24(34-14)15-4-2-5-17(27)10-15)26(32)30-18(11-16-12-21(16)30)13-28-25(31)20-6-3-7-22-19(20)8-9-33-22/h2-7,10,16,18,21H,8-9,11-13H2,1H3,(H,28,31)/t16-,18+,21+/m1/s1. The second-order valence-electron chi connectivity index (χ2n) is 9.18. The third kappa shape index (κ3) is 3.77. The minimum Gasteiger partial charge on any atom is -0.493 e. The normalized spacial score (nSPS) is 22.2. The molecule has 1 saturated carbocycles. The van der Waals surface area contributed by atoms with Crippen LogP contribution in [0.3, 0.4) is 0 Å². The first-order valence-corrected chi connectivity index (χ1v) is 12.8. The van der Waals surface area contributed by atoms with E-state index in [0.29, 0.717) is 35.3 Å². The van der Waals surface area contributed by atoms with Gasteiger partial charge in [-0.25, -0.2) is 4.98 Å². The molecule has 2 fully saturated rings. The SMILES string of the molecule is Cc1nc(C(=O)N2[C@H](CNC(=O)c3cccc4c3CCO4)C[C@@H]3C[C@@H]32)c(-c2cccc(Cl)c2)s1. The summed E-state index contributed by atoms with van der Waals surface area (Å²) in [6.07, 6.45) is 2.67.